The van der Waals surface area contributed by atoms with Gasteiger partial charge in [0.1, 0.15) is 11.3 Å². The molecule has 1 amide bonds. The Labute approximate surface area is 105 Å². The van der Waals surface area contributed by atoms with Crippen LogP contribution < -0.4 is 5.32 Å². The highest BCUT2D eigenvalue weighted by atomic mass is 16.6. The number of benzene rings is 1. The van der Waals surface area contributed by atoms with E-state index in [4.69, 9.17) is 4.74 Å². The Kier molecular flexibility index (Phi) is 4.03. The number of hydrogen-bond acceptors (Lipinski definition) is 4. The second kappa shape index (κ2) is 5.14. The minimum atomic E-state index is -1.04. The van der Waals surface area contributed by atoms with Crippen LogP contribution in [0.15, 0.2) is 18.2 Å². The average Bonchev–Trinajstić information content (AvgIpc) is 2.28. The van der Waals surface area contributed by atoms with E-state index < -0.39 is 16.4 Å². The van der Waals surface area contributed by atoms with Gasteiger partial charge in [-0.15, -0.1) is 0 Å². The first-order chi connectivity index (χ1) is 8.27. The van der Waals surface area contributed by atoms with Gasteiger partial charge in [-0.3, -0.25) is 14.9 Å². The van der Waals surface area contributed by atoms with Gasteiger partial charge in [0.15, 0.2) is 0 Å². The largest absolute Gasteiger partial charge is 0.369 e. The number of amides is 1. The number of carbonyl (C=O) groups excluding carboxylic acids is 1. The zero-order valence-electron chi connectivity index (χ0n) is 10.8. The summed E-state index contributed by atoms with van der Waals surface area (Å²) in [6, 6.07) is 4.54. The summed E-state index contributed by atoms with van der Waals surface area (Å²) in [5.74, 6) is -0.432. The fourth-order valence-corrected chi connectivity index (χ4v) is 1.27. The monoisotopic (exact) mass is 252 g/mol. The Balaban J connectivity index is 3.07. The van der Waals surface area contributed by atoms with Crippen LogP contribution in [0.4, 0.5) is 11.4 Å². The van der Waals surface area contributed by atoms with Crippen molar-refractivity contribution in [2.75, 3.05) is 12.4 Å². The maximum Gasteiger partial charge on any atom is 0.292 e. The first kappa shape index (κ1) is 14.1. The number of anilines is 1. The molecule has 6 heteroatoms. The first-order valence-electron chi connectivity index (χ1n) is 5.39. The van der Waals surface area contributed by atoms with E-state index in [0.29, 0.717) is 0 Å². The molecular formula is C12H16N2O4. The van der Waals surface area contributed by atoms with Gasteiger partial charge >= 0.3 is 0 Å². The van der Waals surface area contributed by atoms with Crippen LogP contribution in [0.5, 0.6) is 0 Å². The smallest absolute Gasteiger partial charge is 0.292 e. The number of ether oxygens (including phenoxy) is 1. The topological polar surface area (TPSA) is 81.5 Å². The van der Waals surface area contributed by atoms with Gasteiger partial charge in [-0.25, -0.2) is 0 Å². The summed E-state index contributed by atoms with van der Waals surface area (Å²) in [4.78, 5) is 22.2. The molecular weight excluding hydrogens is 236 g/mol. The lowest BCUT2D eigenvalue weighted by Gasteiger charge is -2.21. The number of nitro groups is 1. The Morgan fingerprint density at radius 2 is 2.06 bits per heavy atom. The number of carbonyl (C=O) groups is 1. The second-order valence-electron chi connectivity index (χ2n) is 4.45. The summed E-state index contributed by atoms with van der Waals surface area (Å²) < 4.78 is 5.02. The predicted octanol–water partition coefficient (Wildman–Crippen LogP) is 2.27. The molecule has 0 spiro atoms. The molecule has 1 aromatic rings. The first-order valence-corrected chi connectivity index (χ1v) is 5.39. The SMILES string of the molecule is COC(C)(C)C(=O)Nc1cc(C)ccc1[N+](=O)[O-]. The Bertz CT molecular complexity index is 483. The van der Waals surface area contributed by atoms with Crippen molar-refractivity contribution in [3.8, 4) is 0 Å². The number of nitro benzene ring substituents is 1. The van der Waals surface area contributed by atoms with E-state index in [2.05, 4.69) is 5.32 Å². The molecule has 0 aliphatic carbocycles. The molecule has 98 valence electrons. The molecule has 0 saturated carbocycles. The van der Waals surface area contributed by atoms with Gasteiger partial charge in [-0.2, -0.15) is 0 Å². The molecule has 1 aromatic carbocycles. The summed E-state index contributed by atoms with van der Waals surface area (Å²) in [6.45, 7) is 4.97. The van der Waals surface area contributed by atoms with E-state index in [-0.39, 0.29) is 11.4 Å². The van der Waals surface area contributed by atoms with E-state index in [1.54, 1.807) is 32.9 Å². The Morgan fingerprint density at radius 3 is 2.56 bits per heavy atom. The van der Waals surface area contributed by atoms with E-state index in [9.17, 15) is 14.9 Å². The minimum absolute atomic E-state index is 0.138. The predicted molar refractivity (Wildman–Crippen MR) is 67.6 cm³/mol. The molecule has 0 heterocycles. The highest BCUT2D eigenvalue weighted by molar-refractivity contribution is 5.98. The maximum absolute atomic E-state index is 11.9. The molecule has 0 bridgehead atoms. The summed E-state index contributed by atoms with van der Waals surface area (Å²) in [6.07, 6.45) is 0. The van der Waals surface area contributed by atoms with Gasteiger partial charge in [0.05, 0.1) is 4.92 Å². The zero-order chi connectivity index (χ0) is 13.9. The fraction of sp³-hybridized carbons (Fsp3) is 0.417. The van der Waals surface area contributed by atoms with Crippen molar-refractivity contribution >= 4 is 17.3 Å². The van der Waals surface area contributed by atoms with Crippen LogP contribution >= 0.6 is 0 Å². The Morgan fingerprint density at radius 1 is 1.44 bits per heavy atom. The number of methoxy groups -OCH3 is 1. The molecule has 0 aliphatic heterocycles. The minimum Gasteiger partial charge on any atom is -0.369 e. The van der Waals surface area contributed by atoms with Crippen molar-refractivity contribution in [3.05, 3.63) is 33.9 Å². The molecule has 18 heavy (non-hydrogen) atoms. The number of rotatable bonds is 4. The van der Waals surface area contributed by atoms with Gasteiger partial charge < -0.3 is 10.1 Å². The summed E-state index contributed by atoms with van der Waals surface area (Å²) in [5, 5.41) is 13.4. The lowest BCUT2D eigenvalue weighted by atomic mass is 10.1. The lowest BCUT2D eigenvalue weighted by molar-refractivity contribution is -0.383. The van der Waals surface area contributed by atoms with E-state index >= 15 is 0 Å². The van der Waals surface area contributed by atoms with Crippen molar-refractivity contribution in [3.63, 3.8) is 0 Å². The third kappa shape index (κ3) is 3.04. The molecule has 0 radical (unpaired) electrons. The number of aryl methyl sites for hydroxylation is 1. The van der Waals surface area contributed by atoms with Crippen molar-refractivity contribution < 1.29 is 14.5 Å². The molecule has 0 aliphatic rings. The van der Waals surface area contributed by atoms with Crippen LogP contribution in [0, 0.1) is 17.0 Å². The molecule has 1 N–H and O–H groups in total. The average molecular weight is 252 g/mol. The van der Waals surface area contributed by atoms with Crippen molar-refractivity contribution in [1.29, 1.82) is 0 Å². The molecule has 0 aromatic heterocycles. The van der Waals surface area contributed by atoms with Crippen LogP contribution in [-0.4, -0.2) is 23.5 Å². The van der Waals surface area contributed by atoms with Gasteiger partial charge in [0.2, 0.25) is 0 Å². The van der Waals surface area contributed by atoms with Crippen LogP contribution in [0.3, 0.4) is 0 Å². The van der Waals surface area contributed by atoms with Crippen LogP contribution in [-0.2, 0) is 9.53 Å². The van der Waals surface area contributed by atoms with E-state index in [1.807, 2.05) is 0 Å². The summed E-state index contributed by atoms with van der Waals surface area (Å²) in [7, 11) is 1.41. The standard InChI is InChI=1S/C12H16N2O4/c1-8-5-6-10(14(16)17)9(7-8)13-11(15)12(2,3)18-4/h5-7H,1-4H3,(H,13,15). The highest BCUT2D eigenvalue weighted by Crippen LogP contribution is 2.26. The molecule has 0 unspecified atom stereocenters. The summed E-state index contributed by atoms with van der Waals surface area (Å²) in [5.41, 5.74) is -0.181. The zero-order valence-corrected chi connectivity index (χ0v) is 10.8. The highest BCUT2D eigenvalue weighted by Gasteiger charge is 2.28. The maximum atomic E-state index is 11.9. The van der Waals surface area contributed by atoms with Crippen LogP contribution in [0.25, 0.3) is 0 Å². The summed E-state index contributed by atoms with van der Waals surface area (Å²) >= 11 is 0. The van der Waals surface area contributed by atoms with E-state index in [1.165, 1.54) is 13.2 Å². The van der Waals surface area contributed by atoms with Gasteiger partial charge in [0.25, 0.3) is 11.6 Å². The fourth-order valence-electron chi connectivity index (χ4n) is 1.27. The normalized spacial score (nSPS) is 11.1. The second-order valence-corrected chi connectivity index (χ2v) is 4.45. The Hall–Kier alpha value is -1.95. The molecule has 6 nitrogen and oxygen atoms in total. The molecule has 0 saturated heterocycles. The third-order valence-electron chi connectivity index (χ3n) is 2.65. The third-order valence-corrected chi connectivity index (χ3v) is 2.65. The van der Waals surface area contributed by atoms with E-state index in [0.717, 1.165) is 5.56 Å². The van der Waals surface area contributed by atoms with Crippen LogP contribution in [0.1, 0.15) is 19.4 Å². The number of nitrogens with one attached hydrogen (secondary N) is 1. The van der Waals surface area contributed by atoms with Gasteiger partial charge in [-0.1, -0.05) is 6.07 Å². The lowest BCUT2D eigenvalue weighted by Crippen LogP contribution is -2.38. The van der Waals surface area contributed by atoms with Gasteiger partial charge in [0, 0.05) is 13.2 Å². The molecule has 0 atom stereocenters. The van der Waals surface area contributed by atoms with Gasteiger partial charge in [-0.05, 0) is 32.4 Å². The number of nitrogens with zero attached hydrogens (tertiary/aromatic N) is 1. The molecule has 1 rings (SSSR count). The molecule has 0 fully saturated rings. The van der Waals surface area contributed by atoms with Crippen LogP contribution in [0.2, 0.25) is 0 Å². The van der Waals surface area contributed by atoms with Crippen molar-refractivity contribution in [2.45, 2.75) is 26.4 Å². The van der Waals surface area contributed by atoms with Crippen molar-refractivity contribution in [1.82, 2.24) is 0 Å². The quantitative estimate of drug-likeness (QED) is 0.658. The number of hydrogen-bond donors (Lipinski definition) is 1. The van der Waals surface area contributed by atoms with Crippen molar-refractivity contribution in [2.24, 2.45) is 0 Å².